The van der Waals surface area contributed by atoms with Crippen LogP contribution in [0.15, 0.2) is 60.9 Å². The lowest BCUT2D eigenvalue weighted by atomic mass is 10.2. The first-order valence-electron chi connectivity index (χ1n) is 7.25. The maximum atomic E-state index is 12.4. The zero-order valence-corrected chi connectivity index (χ0v) is 13.2. The standard InChI is InChI=1S/C17H12ClN5O/c18-12-2-1-11-9-16(22-15(11)10-12)17(24)21-13-3-5-14(6-4-13)23-19-7-8-20-23/h1-10,22H,(H,21,24). The molecule has 2 heterocycles. The van der Waals surface area contributed by atoms with Gasteiger partial charge >= 0.3 is 0 Å². The normalized spacial score (nSPS) is 10.9. The van der Waals surface area contributed by atoms with Gasteiger partial charge in [-0.15, -0.1) is 0 Å². The summed E-state index contributed by atoms with van der Waals surface area (Å²) in [6.07, 6.45) is 3.22. The molecule has 0 bridgehead atoms. The van der Waals surface area contributed by atoms with Crippen LogP contribution in [0.2, 0.25) is 5.02 Å². The van der Waals surface area contributed by atoms with Gasteiger partial charge in [-0.25, -0.2) is 0 Å². The molecule has 2 aromatic heterocycles. The zero-order chi connectivity index (χ0) is 16.5. The molecule has 0 aliphatic carbocycles. The number of carbonyl (C=O) groups excluding carboxylic acids is 1. The number of fused-ring (bicyclic) bond motifs is 1. The minimum Gasteiger partial charge on any atom is -0.350 e. The van der Waals surface area contributed by atoms with Crippen LogP contribution in [0.5, 0.6) is 0 Å². The second-order valence-electron chi connectivity index (χ2n) is 5.23. The first-order valence-corrected chi connectivity index (χ1v) is 7.63. The summed E-state index contributed by atoms with van der Waals surface area (Å²) in [6.45, 7) is 0. The SMILES string of the molecule is O=C(Nc1ccc(-n2nccn2)cc1)c1cc2ccc(Cl)cc2[nH]1. The Morgan fingerprint density at radius 2 is 1.79 bits per heavy atom. The molecule has 0 saturated heterocycles. The minimum atomic E-state index is -0.215. The number of anilines is 1. The molecule has 0 spiro atoms. The average Bonchev–Trinajstić information content (AvgIpc) is 3.24. The number of benzene rings is 2. The number of amides is 1. The van der Waals surface area contributed by atoms with E-state index < -0.39 is 0 Å². The highest BCUT2D eigenvalue weighted by Gasteiger charge is 2.10. The molecule has 1 amide bonds. The van der Waals surface area contributed by atoms with Gasteiger partial charge in [0.1, 0.15) is 5.69 Å². The predicted octanol–water partition coefficient (Wildman–Crippen LogP) is 3.65. The summed E-state index contributed by atoms with van der Waals surface area (Å²) in [5, 5.41) is 12.5. The van der Waals surface area contributed by atoms with Crippen LogP contribution in [-0.4, -0.2) is 25.9 Å². The van der Waals surface area contributed by atoms with Crippen molar-refractivity contribution in [1.82, 2.24) is 20.0 Å². The summed E-state index contributed by atoms with van der Waals surface area (Å²) in [6, 6.07) is 14.5. The molecular weight excluding hydrogens is 326 g/mol. The fourth-order valence-corrected chi connectivity index (χ4v) is 2.62. The van der Waals surface area contributed by atoms with Crippen molar-refractivity contribution < 1.29 is 4.79 Å². The van der Waals surface area contributed by atoms with Crippen molar-refractivity contribution in [2.45, 2.75) is 0 Å². The van der Waals surface area contributed by atoms with Gasteiger partial charge in [-0.1, -0.05) is 17.7 Å². The summed E-state index contributed by atoms with van der Waals surface area (Å²) >= 11 is 5.96. The van der Waals surface area contributed by atoms with Gasteiger partial charge in [0.2, 0.25) is 0 Å². The lowest BCUT2D eigenvalue weighted by Gasteiger charge is -2.05. The second kappa shape index (κ2) is 5.82. The number of nitrogens with one attached hydrogen (secondary N) is 2. The van der Waals surface area contributed by atoms with Gasteiger partial charge in [-0.05, 0) is 42.5 Å². The van der Waals surface area contributed by atoms with Crippen LogP contribution in [0.3, 0.4) is 0 Å². The van der Waals surface area contributed by atoms with Crippen molar-refractivity contribution in [3.05, 3.63) is 71.6 Å². The van der Waals surface area contributed by atoms with Gasteiger partial charge in [-0.2, -0.15) is 15.0 Å². The molecule has 4 rings (SSSR count). The summed E-state index contributed by atoms with van der Waals surface area (Å²) in [5.41, 5.74) is 2.81. The maximum absolute atomic E-state index is 12.4. The van der Waals surface area contributed by atoms with E-state index in [2.05, 4.69) is 20.5 Å². The van der Waals surface area contributed by atoms with Gasteiger partial charge in [0.25, 0.3) is 5.91 Å². The number of H-pyrrole nitrogens is 1. The maximum Gasteiger partial charge on any atom is 0.272 e. The largest absolute Gasteiger partial charge is 0.350 e. The Hall–Kier alpha value is -3.12. The van der Waals surface area contributed by atoms with Crippen molar-refractivity contribution in [1.29, 1.82) is 0 Å². The van der Waals surface area contributed by atoms with Gasteiger partial charge in [-0.3, -0.25) is 4.79 Å². The predicted molar refractivity (Wildman–Crippen MR) is 92.6 cm³/mol. The average molecular weight is 338 g/mol. The molecule has 24 heavy (non-hydrogen) atoms. The van der Waals surface area contributed by atoms with Crippen molar-refractivity contribution in [3.63, 3.8) is 0 Å². The van der Waals surface area contributed by atoms with Crippen molar-refractivity contribution in [3.8, 4) is 5.69 Å². The highest BCUT2D eigenvalue weighted by molar-refractivity contribution is 6.31. The number of halogens is 1. The van der Waals surface area contributed by atoms with Crippen LogP contribution >= 0.6 is 11.6 Å². The van der Waals surface area contributed by atoms with Gasteiger partial charge in [0, 0.05) is 21.6 Å². The van der Waals surface area contributed by atoms with E-state index in [-0.39, 0.29) is 5.91 Å². The number of rotatable bonds is 3. The zero-order valence-electron chi connectivity index (χ0n) is 12.4. The van der Waals surface area contributed by atoms with Crippen LogP contribution in [0, 0.1) is 0 Å². The van der Waals surface area contributed by atoms with Gasteiger partial charge < -0.3 is 10.3 Å². The molecule has 118 valence electrons. The summed E-state index contributed by atoms with van der Waals surface area (Å²) in [4.78, 5) is 17.0. The third-order valence-corrected chi connectivity index (χ3v) is 3.84. The molecule has 0 radical (unpaired) electrons. The van der Waals surface area contributed by atoms with E-state index in [9.17, 15) is 4.79 Å². The van der Waals surface area contributed by atoms with Crippen LogP contribution in [0.1, 0.15) is 10.5 Å². The number of aromatic nitrogens is 4. The van der Waals surface area contributed by atoms with Crippen LogP contribution in [-0.2, 0) is 0 Å². The Labute approximate surface area is 142 Å². The fourth-order valence-electron chi connectivity index (χ4n) is 2.45. The molecule has 0 aliphatic heterocycles. The van der Waals surface area contributed by atoms with E-state index in [1.54, 1.807) is 42.7 Å². The summed E-state index contributed by atoms with van der Waals surface area (Å²) in [7, 11) is 0. The Morgan fingerprint density at radius 1 is 1.04 bits per heavy atom. The van der Waals surface area contributed by atoms with Gasteiger partial charge in [0.15, 0.2) is 0 Å². The molecule has 0 aliphatic rings. The Kier molecular flexibility index (Phi) is 3.51. The lowest BCUT2D eigenvalue weighted by molar-refractivity contribution is 0.102. The number of carbonyl (C=O) groups is 1. The quantitative estimate of drug-likeness (QED) is 0.599. The van der Waals surface area contributed by atoms with Crippen LogP contribution in [0.4, 0.5) is 5.69 Å². The Balaban J connectivity index is 1.54. The highest BCUT2D eigenvalue weighted by Crippen LogP contribution is 2.21. The topological polar surface area (TPSA) is 75.6 Å². The second-order valence-corrected chi connectivity index (χ2v) is 5.67. The van der Waals surface area contributed by atoms with E-state index in [4.69, 9.17) is 11.6 Å². The molecule has 2 N–H and O–H groups in total. The molecule has 7 heteroatoms. The van der Waals surface area contributed by atoms with Crippen molar-refractivity contribution in [2.75, 3.05) is 5.32 Å². The number of hydrogen-bond acceptors (Lipinski definition) is 3. The third-order valence-electron chi connectivity index (χ3n) is 3.60. The molecule has 4 aromatic rings. The lowest BCUT2D eigenvalue weighted by Crippen LogP contribution is -2.12. The smallest absolute Gasteiger partial charge is 0.272 e. The molecule has 0 atom stereocenters. The highest BCUT2D eigenvalue weighted by atomic mass is 35.5. The van der Waals surface area contributed by atoms with E-state index >= 15 is 0 Å². The Morgan fingerprint density at radius 3 is 2.54 bits per heavy atom. The first kappa shape index (κ1) is 14.5. The molecule has 2 aromatic carbocycles. The molecular formula is C17H12ClN5O. The van der Waals surface area contributed by atoms with Gasteiger partial charge in [0.05, 0.1) is 18.1 Å². The number of nitrogens with zero attached hydrogens (tertiary/aromatic N) is 3. The van der Waals surface area contributed by atoms with Crippen molar-refractivity contribution >= 4 is 34.1 Å². The summed E-state index contributed by atoms with van der Waals surface area (Å²) in [5.74, 6) is -0.215. The van der Waals surface area contributed by atoms with E-state index in [1.807, 2.05) is 18.2 Å². The first-order chi connectivity index (χ1) is 11.7. The fraction of sp³-hybridized carbons (Fsp3) is 0. The summed E-state index contributed by atoms with van der Waals surface area (Å²) < 4.78 is 0. The molecule has 0 unspecified atom stereocenters. The van der Waals surface area contributed by atoms with E-state index in [0.717, 1.165) is 16.6 Å². The monoisotopic (exact) mass is 337 g/mol. The minimum absolute atomic E-state index is 0.215. The molecule has 6 nitrogen and oxygen atoms in total. The molecule has 0 fully saturated rings. The number of hydrogen-bond donors (Lipinski definition) is 2. The van der Waals surface area contributed by atoms with E-state index in [1.165, 1.54) is 4.80 Å². The Bertz CT molecular complexity index is 1010. The van der Waals surface area contributed by atoms with Crippen LogP contribution < -0.4 is 5.32 Å². The number of aromatic amines is 1. The molecule has 0 saturated carbocycles. The third kappa shape index (κ3) is 2.75. The van der Waals surface area contributed by atoms with E-state index in [0.29, 0.717) is 16.4 Å². The van der Waals surface area contributed by atoms with Crippen molar-refractivity contribution in [2.24, 2.45) is 0 Å². The van der Waals surface area contributed by atoms with Crippen LogP contribution in [0.25, 0.3) is 16.6 Å².